The van der Waals surface area contributed by atoms with Gasteiger partial charge in [-0.2, -0.15) is 0 Å². The molecule has 0 fully saturated rings. The van der Waals surface area contributed by atoms with Gasteiger partial charge in [0.1, 0.15) is 0 Å². The number of aromatic nitrogens is 1. The van der Waals surface area contributed by atoms with E-state index in [0.717, 1.165) is 33.6 Å². The molecule has 2 aromatic rings. The van der Waals surface area contributed by atoms with Gasteiger partial charge in [-0.3, -0.25) is 19.5 Å². The van der Waals surface area contributed by atoms with Gasteiger partial charge in [0.2, 0.25) is 5.91 Å². The molecule has 4 nitrogen and oxygen atoms in total. The zero-order valence-electron chi connectivity index (χ0n) is 17.0. The number of carbonyl (C=O) groups is 2. The van der Waals surface area contributed by atoms with Crippen LogP contribution < -0.4 is 4.90 Å². The van der Waals surface area contributed by atoms with E-state index < -0.39 is 0 Å². The van der Waals surface area contributed by atoms with E-state index in [4.69, 9.17) is 0 Å². The standard InChI is InChI=1S/C24H26N2O2/c1-15-8-16(2)10-18(9-15)26-20-12-24(3,4)13-21(27)23(20)19(11-22(26)28)17-6-5-7-25-14-17/h5-10,14,19H,11-13H2,1-4H3. The van der Waals surface area contributed by atoms with Crippen molar-refractivity contribution >= 4 is 17.4 Å². The van der Waals surface area contributed by atoms with E-state index >= 15 is 0 Å². The van der Waals surface area contributed by atoms with Crippen LogP contribution in [-0.2, 0) is 9.59 Å². The number of ketones is 1. The Bertz CT molecular complexity index is 969. The number of pyridine rings is 1. The molecule has 1 aromatic heterocycles. The van der Waals surface area contributed by atoms with Crippen LogP contribution in [0.5, 0.6) is 0 Å². The van der Waals surface area contributed by atoms with Gasteiger partial charge < -0.3 is 0 Å². The molecular formula is C24H26N2O2. The van der Waals surface area contributed by atoms with Crippen molar-refractivity contribution in [2.75, 3.05) is 4.90 Å². The second-order valence-corrected chi connectivity index (χ2v) is 8.92. The van der Waals surface area contributed by atoms with Gasteiger partial charge >= 0.3 is 0 Å². The number of hydrogen-bond acceptors (Lipinski definition) is 3. The lowest BCUT2D eigenvalue weighted by atomic mass is 9.69. The van der Waals surface area contributed by atoms with Gasteiger partial charge in [-0.1, -0.05) is 26.0 Å². The molecule has 1 amide bonds. The van der Waals surface area contributed by atoms with Crippen molar-refractivity contribution in [3.63, 3.8) is 0 Å². The molecule has 1 aliphatic heterocycles. The summed E-state index contributed by atoms with van der Waals surface area (Å²) < 4.78 is 0. The first-order chi connectivity index (χ1) is 13.2. The first kappa shape index (κ1) is 18.6. The number of hydrogen-bond donors (Lipinski definition) is 0. The van der Waals surface area contributed by atoms with Crippen molar-refractivity contribution in [2.45, 2.75) is 52.9 Å². The summed E-state index contributed by atoms with van der Waals surface area (Å²) in [5.41, 5.74) is 5.54. The molecule has 28 heavy (non-hydrogen) atoms. The van der Waals surface area contributed by atoms with E-state index in [1.54, 1.807) is 17.3 Å². The first-order valence-corrected chi connectivity index (χ1v) is 9.82. The van der Waals surface area contributed by atoms with Crippen molar-refractivity contribution < 1.29 is 9.59 Å². The van der Waals surface area contributed by atoms with Crippen molar-refractivity contribution in [3.8, 4) is 0 Å². The van der Waals surface area contributed by atoms with Crippen LogP contribution in [0.3, 0.4) is 0 Å². The van der Waals surface area contributed by atoms with Gasteiger partial charge in [-0.25, -0.2) is 0 Å². The molecule has 4 heteroatoms. The average molecular weight is 374 g/mol. The first-order valence-electron chi connectivity index (χ1n) is 9.82. The molecule has 0 N–H and O–H groups in total. The second-order valence-electron chi connectivity index (χ2n) is 8.92. The Kier molecular flexibility index (Phi) is 4.45. The Morgan fingerprint density at radius 2 is 1.79 bits per heavy atom. The number of Topliss-reactive ketones (excluding diaryl/α,β-unsaturated/α-hetero) is 1. The molecule has 2 aliphatic rings. The van der Waals surface area contributed by atoms with E-state index in [2.05, 4.69) is 24.9 Å². The summed E-state index contributed by atoms with van der Waals surface area (Å²) in [6, 6.07) is 10.0. The molecule has 144 valence electrons. The summed E-state index contributed by atoms with van der Waals surface area (Å²) in [6.45, 7) is 8.28. The number of rotatable bonds is 2. The van der Waals surface area contributed by atoms with Crippen molar-refractivity contribution in [2.24, 2.45) is 5.41 Å². The smallest absolute Gasteiger partial charge is 0.232 e. The maximum atomic E-state index is 13.3. The van der Waals surface area contributed by atoms with Crippen LogP contribution in [0.1, 0.15) is 55.7 Å². The van der Waals surface area contributed by atoms with Crippen molar-refractivity contribution in [1.29, 1.82) is 0 Å². The molecule has 0 saturated carbocycles. The average Bonchev–Trinajstić information content (AvgIpc) is 2.59. The number of amides is 1. The fourth-order valence-electron chi connectivity index (χ4n) is 4.66. The Balaban J connectivity index is 1.92. The van der Waals surface area contributed by atoms with Gasteiger partial charge in [0.25, 0.3) is 0 Å². The quantitative estimate of drug-likeness (QED) is 0.754. The highest BCUT2D eigenvalue weighted by atomic mass is 16.2. The number of nitrogens with zero attached hydrogens (tertiary/aromatic N) is 2. The molecule has 0 radical (unpaired) electrons. The van der Waals surface area contributed by atoms with Gasteiger partial charge in [-0.15, -0.1) is 0 Å². The number of carbonyl (C=O) groups excluding carboxylic acids is 2. The molecule has 0 bridgehead atoms. The molecule has 1 aromatic carbocycles. The molecular weight excluding hydrogens is 348 g/mol. The third-order valence-electron chi connectivity index (χ3n) is 5.69. The SMILES string of the molecule is Cc1cc(C)cc(N2C(=O)CC(c3cccnc3)C3=C2CC(C)(C)CC3=O)c1. The van der Waals surface area contributed by atoms with Crippen LogP contribution in [0.4, 0.5) is 5.69 Å². The van der Waals surface area contributed by atoms with Gasteiger partial charge in [0, 0.05) is 48.1 Å². The maximum absolute atomic E-state index is 13.3. The predicted octanol–water partition coefficient (Wildman–Crippen LogP) is 4.86. The third kappa shape index (κ3) is 3.28. The molecule has 2 heterocycles. The van der Waals surface area contributed by atoms with Gasteiger partial charge in [0.05, 0.1) is 0 Å². The fraction of sp³-hybridized carbons (Fsp3) is 0.375. The van der Waals surface area contributed by atoms with Crippen LogP contribution in [0.15, 0.2) is 54.0 Å². The largest absolute Gasteiger partial charge is 0.294 e. The molecule has 0 saturated heterocycles. The summed E-state index contributed by atoms with van der Waals surface area (Å²) in [6.07, 6.45) is 5.02. The van der Waals surface area contributed by atoms with Crippen LogP contribution in [0.2, 0.25) is 0 Å². The zero-order chi connectivity index (χ0) is 20.1. The van der Waals surface area contributed by atoms with Crippen molar-refractivity contribution in [3.05, 3.63) is 70.7 Å². The van der Waals surface area contributed by atoms with Crippen molar-refractivity contribution in [1.82, 2.24) is 4.98 Å². The molecule has 0 spiro atoms. The Morgan fingerprint density at radius 3 is 2.43 bits per heavy atom. The topological polar surface area (TPSA) is 50.3 Å². The molecule has 4 rings (SSSR count). The van der Waals surface area contributed by atoms with E-state index in [1.165, 1.54) is 0 Å². The summed E-state index contributed by atoms with van der Waals surface area (Å²) in [4.78, 5) is 32.6. The van der Waals surface area contributed by atoms with E-state index in [0.29, 0.717) is 19.3 Å². The highest BCUT2D eigenvalue weighted by Gasteiger charge is 2.44. The van der Waals surface area contributed by atoms with E-state index in [9.17, 15) is 9.59 Å². The Labute approximate surface area is 166 Å². The van der Waals surface area contributed by atoms with Crippen LogP contribution in [0, 0.1) is 19.3 Å². The summed E-state index contributed by atoms with van der Waals surface area (Å²) in [5, 5.41) is 0. The van der Waals surface area contributed by atoms with Gasteiger partial charge in [-0.05, 0) is 60.6 Å². The lowest BCUT2D eigenvalue weighted by Gasteiger charge is -2.43. The fourth-order valence-corrected chi connectivity index (χ4v) is 4.66. The Morgan fingerprint density at radius 1 is 1.07 bits per heavy atom. The highest BCUT2D eigenvalue weighted by molar-refractivity contribution is 6.07. The number of allylic oxidation sites excluding steroid dienone is 2. The minimum absolute atomic E-state index is 0.0445. The lowest BCUT2D eigenvalue weighted by molar-refractivity contribution is -0.121. The van der Waals surface area contributed by atoms with Crippen LogP contribution in [0.25, 0.3) is 0 Å². The van der Waals surface area contributed by atoms with E-state index in [1.807, 2.05) is 38.1 Å². The monoisotopic (exact) mass is 374 g/mol. The second kappa shape index (κ2) is 6.69. The predicted molar refractivity (Wildman–Crippen MR) is 110 cm³/mol. The number of aryl methyl sites for hydroxylation is 2. The van der Waals surface area contributed by atoms with Crippen LogP contribution >= 0.6 is 0 Å². The summed E-state index contributed by atoms with van der Waals surface area (Å²) in [7, 11) is 0. The summed E-state index contributed by atoms with van der Waals surface area (Å²) >= 11 is 0. The minimum atomic E-state index is -0.207. The third-order valence-corrected chi connectivity index (χ3v) is 5.69. The maximum Gasteiger partial charge on any atom is 0.232 e. The molecule has 1 aliphatic carbocycles. The lowest BCUT2D eigenvalue weighted by Crippen LogP contribution is -2.43. The highest BCUT2D eigenvalue weighted by Crippen LogP contribution is 2.48. The van der Waals surface area contributed by atoms with E-state index in [-0.39, 0.29) is 23.0 Å². The molecule has 1 atom stereocenters. The molecule has 1 unspecified atom stereocenters. The minimum Gasteiger partial charge on any atom is -0.294 e. The van der Waals surface area contributed by atoms with Gasteiger partial charge in [0.15, 0.2) is 5.78 Å². The normalized spacial score (nSPS) is 21.7. The number of benzene rings is 1. The Hall–Kier alpha value is -2.75. The zero-order valence-corrected chi connectivity index (χ0v) is 17.0. The summed E-state index contributed by atoms with van der Waals surface area (Å²) in [5.74, 6) is -0.00737. The van der Waals surface area contributed by atoms with Crippen LogP contribution in [-0.4, -0.2) is 16.7 Å². The number of anilines is 1.